The molecule has 1 aromatic carbocycles. The van der Waals surface area contributed by atoms with Crippen LogP contribution in [0, 0.1) is 5.82 Å². The molecule has 0 spiro atoms. The van der Waals surface area contributed by atoms with E-state index in [1.165, 1.54) is 12.1 Å². The summed E-state index contributed by atoms with van der Waals surface area (Å²) in [5, 5.41) is 3.14. The molecule has 0 fully saturated rings. The van der Waals surface area contributed by atoms with Gasteiger partial charge >= 0.3 is 0 Å². The van der Waals surface area contributed by atoms with E-state index in [-0.39, 0.29) is 5.82 Å². The van der Waals surface area contributed by atoms with Crippen molar-refractivity contribution in [2.75, 3.05) is 13.1 Å². The van der Waals surface area contributed by atoms with Gasteiger partial charge in [-0.25, -0.2) is 4.39 Å². The normalized spacial score (nSPS) is 10.6. The second kappa shape index (κ2) is 6.11. The third kappa shape index (κ3) is 4.01. The van der Waals surface area contributed by atoms with E-state index in [4.69, 9.17) is 0 Å². The molecule has 0 aliphatic rings. The summed E-state index contributed by atoms with van der Waals surface area (Å²) in [6.45, 7) is 5.19. The minimum absolute atomic E-state index is 0.202. The summed E-state index contributed by atoms with van der Waals surface area (Å²) in [7, 11) is 0. The number of halogens is 1. The van der Waals surface area contributed by atoms with E-state index in [0.29, 0.717) is 0 Å². The lowest BCUT2D eigenvalue weighted by Crippen LogP contribution is -2.12. The first-order valence-electron chi connectivity index (χ1n) is 4.56. The molecule has 0 atom stereocenters. The van der Waals surface area contributed by atoms with Crippen molar-refractivity contribution in [3.8, 4) is 0 Å². The average Bonchev–Trinajstić information content (AvgIpc) is 2.21. The van der Waals surface area contributed by atoms with E-state index < -0.39 is 0 Å². The van der Waals surface area contributed by atoms with Gasteiger partial charge in [-0.05, 0) is 17.7 Å². The van der Waals surface area contributed by atoms with Crippen LogP contribution in [0.5, 0.6) is 0 Å². The SMILES string of the molecule is C=CCNC/C=C/c1ccc(F)cc1. The van der Waals surface area contributed by atoms with Crippen LogP contribution in [0.1, 0.15) is 5.56 Å². The molecule has 1 N–H and O–H groups in total. The van der Waals surface area contributed by atoms with Crippen LogP contribution in [0.25, 0.3) is 6.08 Å². The van der Waals surface area contributed by atoms with Crippen LogP contribution in [0.3, 0.4) is 0 Å². The molecule has 0 bridgehead atoms. The van der Waals surface area contributed by atoms with Gasteiger partial charge in [-0.1, -0.05) is 30.4 Å². The second-order valence-corrected chi connectivity index (χ2v) is 2.90. The molecule has 1 rings (SSSR count). The Morgan fingerprint density at radius 3 is 2.57 bits per heavy atom. The molecule has 0 amide bonds. The Morgan fingerprint density at radius 2 is 1.93 bits per heavy atom. The van der Waals surface area contributed by atoms with Crippen LogP contribution < -0.4 is 5.32 Å². The van der Waals surface area contributed by atoms with E-state index in [1.807, 2.05) is 18.2 Å². The molecule has 0 heterocycles. The van der Waals surface area contributed by atoms with E-state index in [2.05, 4.69) is 11.9 Å². The van der Waals surface area contributed by atoms with E-state index in [9.17, 15) is 4.39 Å². The van der Waals surface area contributed by atoms with Crippen molar-refractivity contribution in [3.63, 3.8) is 0 Å². The van der Waals surface area contributed by atoms with Crippen molar-refractivity contribution in [2.45, 2.75) is 0 Å². The first-order valence-corrected chi connectivity index (χ1v) is 4.56. The largest absolute Gasteiger partial charge is 0.310 e. The Kier molecular flexibility index (Phi) is 4.65. The lowest BCUT2D eigenvalue weighted by molar-refractivity contribution is 0.628. The molecule has 1 aromatic rings. The van der Waals surface area contributed by atoms with Crippen LogP contribution in [0.4, 0.5) is 4.39 Å². The third-order valence-corrected chi connectivity index (χ3v) is 1.73. The van der Waals surface area contributed by atoms with Gasteiger partial charge in [-0.15, -0.1) is 6.58 Å². The second-order valence-electron chi connectivity index (χ2n) is 2.90. The minimum atomic E-state index is -0.202. The number of rotatable bonds is 5. The fourth-order valence-electron chi connectivity index (χ4n) is 1.04. The molecule has 74 valence electrons. The van der Waals surface area contributed by atoms with Gasteiger partial charge in [-0.2, -0.15) is 0 Å². The fraction of sp³-hybridized carbons (Fsp3) is 0.167. The Balaban J connectivity index is 2.36. The molecular weight excluding hydrogens is 177 g/mol. The van der Waals surface area contributed by atoms with Crippen molar-refractivity contribution in [1.29, 1.82) is 0 Å². The van der Waals surface area contributed by atoms with Crippen molar-refractivity contribution < 1.29 is 4.39 Å². The van der Waals surface area contributed by atoms with Crippen LogP contribution in [-0.4, -0.2) is 13.1 Å². The average molecular weight is 191 g/mol. The van der Waals surface area contributed by atoms with Crippen molar-refractivity contribution in [1.82, 2.24) is 5.32 Å². The maximum atomic E-state index is 12.5. The number of benzene rings is 1. The predicted molar refractivity (Wildman–Crippen MR) is 58.5 cm³/mol. The monoisotopic (exact) mass is 191 g/mol. The van der Waals surface area contributed by atoms with Gasteiger partial charge < -0.3 is 5.32 Å². The van der Waals surface area contributed by atoms with Gasteiger partial charge in [0.25, 0.3) is 0 Å². The molecule has 0 saturated carbocycles. The lowest BCUT2D eigenvalue weighted by Gasteiger charge is -1.95. The maximum Gasteiger partial charge on any atom is 0.123 e. The quantitative estimate of drug-likeness (QED) is 0.557. The molecule has 0 aromatic heterocycles. The summed E-state index contributed by atoms with van der Waals surface area (Å²) in [4.78, 5) is 0. The highest BCUT2D eigenvalue weighted by molar-refractivity contribution is 5.48. The number of hydrogen-bond donors (Lipinski definition) is 1. The third-order valence-electron chi connectivity index (χ3n) is 1.73. The van der Waals surface area contributed by atoms with E-state index in [0.717, 1.165) is 18.7 Å². The Morgan fingerprint density at radius 1 is 1.21 bits per heavy atom. The number of nitrogens with one attached hydrogen (secondary N) is 1. The first-order chi connectivity index (χ1) is 6.83. The zero-order valence-electron chi connectivity index (χ0n) is 8.04. The summed E-state index contributed by atoms with van der Waals surface area (Å²) >= 11 is 0. The first kappa shape index (κ1) is 10.7. The highest BCUT2D eigenvalue weighted by Crippen LogP contribution is 2.03. The Bertz CT molecular complexity index is 301. The van der Waals surface area contributed by atoms with Gasteiger partial charge in [0.05, 0.1) is 0 Å². The van der Waals surface area contributed by atoms with Gasteiger partial charge in [0.2, 0.25) is 0 Å². The molecule has 0 aliphatic heterocycles. The molecule has 0 aliphatic carbocycles. The van der Waals surface area contributed by atoms with Crippen LogP contribution in [-0.2, 0) is 0 Å². The Hall–Kier alpha value is -1.41. The van der Waals surface area contributed by atoms with Crippen molar-refractivity contribution in [2.24, 2.45) is 0 Å². The fourth-order valence-corrected chi connectivity index (χ4v) is 1.04. The highest BCUT2D eigenvalue weighted by Gasteiger charge is 1.87. The summed E-state index contributed by atoms with van der Waals surface area (Å²) in [5.41, 5.74) is 1.01. The van der Waals surface area contributed by atoms with Crippen LogP contribution in [0.15, 0.2) is 43.0 Å². The van der Waals surface area contributed by atoms with Crippen LogP contribution in [0.2, 0.25) is 0 Å². The molecule has 0 radical (unpaired) electrons. The smallest absolute Gasteiger partial charge is 0.123 e. The number of hydrogen-bond acceptors (Lipinski definition) is 1. The molecule has 0 unspecified atom stereocenters. The lowest BCUT2D eigenvalue weighted by atomic mass is 10.2. The highest BCUT2D eigenvalue weighted by atomic mass is 19.1. The topological polar surface area (TPSA) is 12.0 Å². The van der Waals surface area contributed by atoms with Gasteiger partial charge in [0.1, 0.15) is 5.82 Å². The summed E-state index contributed by atoms with van der Waals surface area (Å²) in [5.74, 6) is -0.202. The molecular formula is C12H14FN. The molecule has 0 saturated heterocycles. The summed E-state index contributed by atoms with van der Waals surface area (Å²) in [6.07, 6.45) is 5.76. The zero-order chi connectivity index (χ0) is 10.2. The van der Waals surface area contributed by atoms with E-state index in [1.54, 1.807) is 12.1 Å². The van der Waals surface area contributed by atoms with Crippen LogP contribution >= 0.6 is 0 Å². The molecule has 1 nitrogen and oxygen atoms in total. The van der Waals surface area contributed by atoms with Crippen molar-refractivity contribution >= 4 is 6.08 Å². The minimum Gasteiger partial charge on any atom is -0.310 e. The standard InChI is InChI=1S/C12H14FN/c1-2-9-14-10-3-4-11-5-7-12(13)8-6-11/h2-8,14H,1,9-10H2/b4-3+. The van der Waals surface area contributed by atoms with E-state index >= 15 is 0 Å². The van der Waals surface area contributed by atoms with Gasteiger partial charge in [0, 0.05) is 13.1 Å². The molecule has 14 heavy (non-hydrogen) atoms. The maximum absolute atomic E-state index is 12.5. The van der Waals surface area contributed by atoms with Gasteiger partial charge in [-0.3, -0.25) is 0 Å². The predicted octanol–water partition coefficient (Wildman–Crippen LogP) is 2.61. The summed E-state index contributed by atoms with van der Waals surface area (Å²) < 4.78 is 12.5. The van der Waals surface area contributed by atoms with Gasteiger partial charge in [0.15, 0.2) is 0 Å². The zero-order valence-corrected chi connectivity index (χ0v) is 8.04. The van der Waals surface area contributed by atoms with Crippen molar-refractivity contribution in [3.05, 3.63) is 54.4 Å². The summed E-state index contributed by atoms with van der Waals surface area (Å²) in [6, 6.07) is 6.41. The Labute approximate surface area is 84.0 Å². The molecule has 2 heteroatoms.